The standard InChI is InChI=1S/C14H18ClFN2O.ClH/c15-12-7-10(16)5-6-11(12)14(19)18-13-4-2-1-3-9(13)8-17;/h5-7,9,13H,1-4,8,17H2,(H,18,19);1H. The second kappa shape index (κ2) is 7.81. The number of hydrogen-bond donors (Lipinski definition) is 2. The van der Waals surface area contributed by atoms with E-state index in [1.54, 1.807) is 0 Å². The third-order valence-corrected chi connectivity index (χ3v) is 4.02. The van der Waals surface area contributed by atoms with E-state index >= 15 is 0 Å². The predicted molar refractivity (Wildman–Crippen MR) is 80.9 cm³/mol. The summed E-state index contributed by atoms with van der Waals surface area (Å²) in [5.74, 6) is -0.383. The average molecular weight is 321 g/mol. The third kappa shape index (κ3) is 4.08. The number of amides is 1. The molecule has 0 aliphatic heterocycles. The lowest BCUT2D eigenvalue weighted by atomic mass is 9.84. The van der Waals surface area contributed by atoms with Crippen molar-refractivity contribution >= 4 is 29.9 Å². The highest BCUT2D eigenvalue weighted by Gasteiger charge is 2.26. The van der Waals surface area contributed by atoms with E-state index in [4.69, 9.17) is 17.3 Å². The smallest absolute Gasteiger partial charge is 0.253 e. The topological polar surface area (TPSA) is 55.1 Å². The molecule has 2 rings (SSSR count). The molecule has 0 radical (unpaired) electrons. The lowest BCUT2D eigenvalue weighted by Gasteiger charge is -2.31. The second-order valence-corrected chi connectivity index (χ2v) is 5.39. The van der Waals surface area contributed by atoms with Crippen LogP contribution in [0.1, 0.15) is 36.0 Å². The minimum Gasteiger partial charge on any atom is -0.349 e. The van der Waals surface area contributed by atoms with Gasteiger partial charge in [-0.15, -0.1) is 12.4 Å². The number of carbonyl (C=O) groups excluding carboxylic acids is 1. The molecule has 3 nitrogen and oxygen atoms in total. The summed E-state index contributed by atoms with van der Waals surface area (Å²) in [6.07, 6.45) is 4.23. The van der Waals surface area contributed by atoms with E-state index in [-0.39, 0.29) is 29.4 Å². The quantitative estimate of drug-likeness (QED) is 0.898. The van der Waals surface area contributed by atoms with Crippen LogP contribution in [0.3, 0.4) is 0 Å². The van der Waals surface area contributed by atoms with Crippen molar-refractivity contribution in [2.45, 2.75) is 31.7 Å². The molecule has 6 heteroatoms. The zero-order valence-corrected chi connectivity index (χ0v) is 12.6. The zero-order valence-electron chi connectivity index (χ0n) is 11.1. The first-order valence-electron chi connectivity index (χ1n) is 6.58. The number of carbonyl (C=O) groups is 1. The summed E-state index contributed by atoms with van der Waals surface area (Å²) in [6.45, 7) is 0.572. The van der Waals surface area contributed by atoms with Gasteiger partial charge in [-0.3, -0.25) is 4.79 Å². The molecule has 1 aromatic rings. The molecule has 1 amide bonds. The normalized spacial score (nSPS) is 21.9. The molecule has 112 valence electrons. The Labute approximate surface area is 129 Å². The van der Waals surface area contributed by atoms with Crippen LogP contribution in [0, 0.1) is 11.7 Å². The Hall–Kier alpha value is -0.840. The highest BCUT2D eigenvalue weighted by molar-refractivity contribution is 6.33. The molecule has 1 saturated carbocycles. The van der Waals surface area contributed by atoms with Crippen molar-refractivity contribution in [1.82, 2.24) is 5.32 Å². The minimum absolute atomic E-state index is 0. The third-order valence-electron chi connectivity index (χ3n) is 3.70. The van der Waals surface area contributed by atoms with Crippen LogP contribution in [0.5, 0.6) is 0 Å². The first-order chi connectivity index (χ1) is 9.11. The molecule has 1 aliphatic rings. The van der Waals surface area contributed by atoms with Gasteiger partial charge in [0.05, 0.1) is 10.6 Å². The molecule has 0 bridgehead atoms. The van der Waals surface area contributed by atoms with E-state index in [1.807, 2.05) is 0 Å². The Kier molecular flexibility index (Phi) is 6.72. The zero-order chi connectivity index (χ0) is 13.8. The van der Waals surface area contributed by atoms with Crippen LogP contribution in [-0.2, 0) is 0 Å². The van der Waals surface area contributed by atoms with Crippen LogP contribution in [0.25, 0.3) is 0 Å². The van der Waals surface area contributed by atoms with Gasteiger partial charge in [-0.1, -0.05) is 24.4 Å². The number of nitrogens with two attached hydrogens (primary N) is 1. The maximum Gasteiger partial charge on any atom is 0.253 e. The molecule has 20 heavy (non-hydrogen) atoms. The van der Waals surface area contributed by atoms with Crippen LogP contribution in [0.15, 0.2) is 18.2 Å². The van der Waals surface area contributed by atoms with Gasteiger partial charge in [0.15, 0.2) is 0 Å². The lowest BCUT2D eigenvalue weighted by Crippen LogP contribution is -2.44. The van der Waals surface area contributed by atoms with Crippen molar-refractivity contribution in [2.24, 2.45) is 11.7 Å². The maximum atomic E-state index is 13.0. The van der Waals surface area contributed by atoms with Crippen LogP contribution >= 0.6 is 24.0 Å². The van der Waals surface area contributed by atoms with E-state index in [9.17, 15) is 9.18 Å². The lowest BCUT2D eigenvalue weighted by molar-refractivity contribution is 0.0908. The molecule has 1 aromatic carbocycles. The van der Waals surface area contributed by atoms with Gasteiger partial charge in [0.25, 0.3) is 5.91 Å². The Morgan fingerprint density at radius 1 is 1.40 bits per heavy atom. The molecule has 1 aliphatic carbocycles. The summed E-state index contributed by atoms with van der Waals surface area (Å²) in [5, 5.41) is 3.11. The Morgan fingerprint density at radius 2 is 2.10 bits per heavy atom. The van der Waals surface area contributed by atoms with Crippen molar-refractivity contribution < 1.29 is 9.18 Å². The summed E-state index contributed by atoms with van der Waals surface area (Å²) in [6, 6.07) is 3.89. The highest BCUT2D eigenvalue weighted by Crippen LogP contribution is 2.24. The summed E-state index contributed by atoms with van der Waals surface area (Å²) in [7, 11) is 0. The number of hydrogen-bond acceptors (Lipinski definition) is 2. The van der Waals surface area contributed by atoms with Crippen molar-refractivity contribution in [2.75, 3.05) is 6.54 Å². The fourth-order valence-corrected chi connectivity index (χ4v) is 2.85. The number of benzene rings is 1. The summed E-state index contributed by atoms with van der Waals surface area (Å²) < 4.78 is 13.0. The summed E-state index contributed by atoms with van der Waals surface area (Å²) in [5.41, 5.74) is 6.04. The van der Waals surface area contributed by atoms with E-state index in [1.165, 1.54) is 12.1 Å². The van der Waals surface area contributed by atoms with Gasteiger partial charge >= 0.3 is 0 Å². The Balaban J connectivity index is 0.00000200. The first kappa shape index (κ1) is 17.2. The van der Waals surface area contributed by atoms with E-state index in [0.717, 1.165) is 31.7 Å². The Bertz CT molecular complexity index is 470. The van der Waals surface area contributed by atoms with E-state index in [0.29, 0.717) is 18.0 Å². The molecular formula is C14H19Cl2FN2O. The molecule has 3 N–H and O–H groups in total. The largest absolute Gasteiger partial charge is 0.349 e. The molecule has 2 unspecified atom stereocenters. The fourth-order valence-electron chi connectivity index (χ4n) is 2.60. The molecule has 0 spiro atoms. The molecule has 2 atom stereocenters. The van der Waals surface area contributed by atoms with Gasteiger partial charge in [-0.2, -0.15) is 0 Å². The van der Waals surface area contributed by atoms with Gasteiger partial charge in [0.2, 0.25) is 0 Å². The minimum atomic E-state index is -0.445. The maximum absolute atomic E-state index is 13.0. The van der Waals surface area contributed by atoms with Gasteiger partial charge < -0.3 is 11.1 Å². The summed E-state index contributed by atoms with van der Waals surface area (Å²) >= 11 is 5.89. The highest BCUT2D eigenvalue weighted by atomic mass is 35.5. The molecule has 0 aromatic heterocycles. The van der Waals surface area contributed by atoms with Gasteiger partial charge in [0, 0.05) is 6.04 Å². The van der Waals surface area contributed by atoms with Crippen molar-refractivity contribution in [3.05, 3.63) is 34.6 Å². The fraction of sp³-hybridized carbons (Fsp3) is 0.500. The second-order valence-electron chi connectivity index (χ2n) is 4.98. The number of nitrogens with one attached hydrogen (secondary N) is 1. The molecular weight excluding hydrogens is 302 g/mol. The number of rotatable bonds is 3. The van der Waals surface area contributed by atoms with E-state index in [2.05, 4.69) is 5.32 Å². The first-order valence-corrected chi connectivity index (χ1v) is 6.95. The van der Waals surface area contributed by atoms with Crippen LogP contribution < -0.4 is 11.1 Å². The molecule has 1 fully saturated rings. The van der Waals surface area contributed by atoms with Crippen LogP contribution in [0.4, 0.5) is 4.39 Å². The van der Waals surface area contributed by atoms with Crippen LogP contribution in [0.2, 0.25) is 5.02 Å². The Morgan fingerprint density at radius 3 is 2.75 bits per heavy atom. The van der Waals surface area contributed by atoms with Gasteiger partial charge in [-0.25, -0.2) is 4.39 Å². The SMILES string of the molecule is Cl.NCC1CCCCC1NC(=O)c1ccc(F)cc1Cl. The monoisotopic (exact) mass is 320 g/mol. The summed E-state index contributed by atoms with van der Waals surface area (Å²) in [4.78, 5) is 12.1. The number of halogens is 3. The average Bonchev–Trinajstić information content (AvgIpc) is 2.39. The molecule has 0 heterocycles. The van der Waals surface area contributed by atoms with E-state index < -0.39 is 5.82 Å². The van der Waals surface area contributed by atoms with Gasteiger partial charge in [-0.05, 0) is 43.5 Å². The molecule has 0 saturated heterocycles. The predicted octanol–water partition coefficient (Wildman–Crippen LogP) is 3.15. The van der Waals surface area contributed by atoms with Crippen molar-refractivity contribution in [1.29, 1.82) is 0 Å². The van der Waals surface area contributed by atoms with Crippen molar-refractivity contribution in [3.63, 3.8) is 0 Å². The van der Waals surface area contributed by atoms with Crippen LogP contribution in [-0.4, -0.2) is 18.5 Å². The van der Waals surface area contributed by atoms with Crippen molar-refractivity contribution in [3.8, 4) is 0 Å². The van der Waals surface area contributed by atoms with Gasteiger partial charge in [0.1, 0.15) is 5.82 Å².